The minimum atomic E-state index is 0.256. The first-order chi connectivity index (χ1) is 10.7. The number of thiocarbonyl (C=S) groups is 1. The molecule has 0 unspecified atom stereocenters. The van der Waals surface area contributed by atoms with Crippen LogP contribution in [0.1, 0.15) is 11.1 Å². The van der Waals surface area contributed by atoms with Gasteiger partial charge in [0, 0.05) is 21.2 Å². The van der Waals surface area contributed by atoms with Crippen LogP contribution in [0.25, 0.3) is 0 Å². The van der Waals surface area contributed by atoms with Gasteiger partial charge in [-0.05, 0) is 24.4 Å². The zero-order valence-electron chi connectivity index (χ0n) is 11.3. The molecule has 0 atom stereocenters. The van der Waals surface area contributed by atoms with Crippen LogP contribution in [0, 0.1) is 0 Å². The number of rotatable bonds is 4. The summed E-state index contributed by atoms with van der Waals surface area (Å²) >= 11 is 17.0. The molecular weight excluding hydrogens is 339 g/mol. The van der Waals surface area contributed by atoms with Crippen molar-refractivity contribution in [2.24, 2.45) is 10.2 Å². The third-order valence-electron chi connectivity index (χ3n) is 2.55. The highest BCUT2D eigenvalue weighted by atomic mass is 35.5. The zero-order valence-corrected chi connectivity index (χ0v) is 13.7. The van der Waals surface area contributed by atoms with Crippen molar-refractivity contribution in [1.82, 2.24) is 10.9 Å². The van der Waals surface area contributed by atoms with Crippen LogP contribution in [0.15, 0.2) is 58.7 Å². The predicted octanol–water partition coefficient (Wildman–Crippen LogP) is 3.83. The summed E-state index contributed by atoms with van der Waals surface area (Å²) in [6.07, 6.45) is 3.15. The van der Waals surface area contributed by atoms with Gasteiger partial charge in [-0.15, -0.1) is 0 Å². The van der Waals surface area contributed by atoms with Gasteiger partial charge in [0.25, 0.3) is 0 Å². The second-order valence-electron chi connectivity index (χ2n) is 4.11. The van der Waals surface area contributed by atoms with E-state index >= 15 is 0 Å². The Balaban J connectivity index is 1.84. The van der Waals surface area contributed by atoms with Crippen LogP contribution in [0.4, 0.5) is 0 Å². The highest BCUT2D eigenvalue weighted by Crippen LogP contribution is 2.12. The minimum Gasteiger partial charge on any atom is -0.252 e. The zero-order chi connectivity index (χ0) is 15.8. The van der Waals surface area contributed by atoms with E-state index in [9.17, 15) is 0 Å². The van der Waals surface area contributed by atoms with Gasteiger partial charge in [0.15, 0.2) is 0 Å². The fourth-order valence-electron chi connectivity index (χ4n) is 1.51. The summed E-state index contributed by atoms with van der Waals surface area (Å²) < 4.78 is 0. The number of nitrogens with one attached hydrogen (secondary N) is 2. The summed E-state index contributed by atoms with van der Waals surface area (Å²) in [6, 6.07) is 14.7. The number of hydrogen-bond acceptors (Lipinski definition) is 3. The molecule has 7 heteroatoms. The SMILES string of the molecule is S=C(NN=Cc1ccccc1Cl)NN=Cc1ccccc1Cl. The van der Waals surface area contributed by atoms with Crippen molar-refractivity contribution in [3.63, 3.8) is 0 Å². The summed E-state index contributed by atoms with van der Waals surface area (Å²) in [4.78, 5) is 0. The summed E-state index contributed by atoms with van der Waals surface area (Å²) in [7, 11) is 0. The molecule has 0 aromatic heterocycles. The molecule has 4 nitrogen and oxygen atoms in total. The van der Waals surface area contributed by atoms with E-state index in [2.05, 4.69) is 21.1 Å². The predicted molar refractivity (Wildman–Crippen MR) is 97.0 cm³/mol. The quantitative estimate of drug-likeness (QED) is 0.500. The van der Waals surface area contributed by atoms with Gasteiger partial charge in [-0.3, -0.25) is 10.9 Å². The Morgan fingerprint density at radius 3 is 1.64 bits per heavy atom. The van der Waals surface area contributed by atoms with Gasteiger partial charge in [-0.2, -0.15) is 10.2 Å². The maximum Gasteiger partial charge on any atom is 0.207 e. The van der Waals surface area contributed by atoms with E-state index in [1.54, 1.807) is 24.6 Å². The number of halogens is 2. The van der Waals surface area contributed by atoms with Gasteiger partial charge >= 0.3 is 0 Å². The average molecular weight is 351 g/mol. The lowest BCUT2D eigenvalue weighted by atomic mass is 10.2. The maximum atomic E-state index is 6.00. The number of nitrogens with zero attached hydrogens (tertiary/aromatic N) is 2. The van der Waals surface area contributed by atoms with E-state index in [1.165, 1.54) is 0 Å². The second kappa shape index (κ2) is 8.48. The molecule has 2 aromatic carbocycles. The number of hydrazone groups is 2. The molecule has 0 radical (unpaired) electrons. The highest BCUT2D eigenvalue weighted by molar-refractivity contribution is 7.80. The standard InChI is InChI=1S/C15H12Cl2N4S/c16-13-7-3-1-5-11(13)9-18-20-15(22)21-19-10-12-6-2-4-8-14(12)17/h1-10H,(H2,20,21,22). The fourth-order valence-corrected chi connectivity index (χ4v) is 1.98. The maximum absolute atomic E-state index is 6.00. The van der Waals surface area contributed by atoms with Crippen molar-refractivity contribution in [3.05, 3.63) is 69.7 Å². The Bertz CT molecular complexity index is 657. The van der Waals surface area contributed by atoms with Crippen molar-refractivity contribution in [2.75, 3.05) is 0 Å². The molecule has 22 heavy (non-hydrogen) atoms. The van der Waals surface area contributed by atoms with Crippen LogP contribution < -0.4 is 10.9 Å². The molecule has 0 saturated carbocycles. The lowest BCUT2D eigenvalue weighted by Crippen LogP contribution is -2.28. The first-order valence-corrected chi connectivity index (χ1v) is 7.44. The lowest BCUT2D eigenvalue weighted by Gasteiger charge is -2.02. The third kappa shape index (κ3) is 5.11. The van der Waals surface area contributed by atoms with Crippen LogP contribution in [0.2, 0.25) is 10.0 Å². The summed E-state index contributed by atoms with van der Waals surface area (Å²) in [5.41, 5.74) is 6.87. The van der Waals surface area contributed by atoms with Gasteiger partial charge in [0.1, 0.15) is 0 Å². The third-order valence-corrected chi connectivity index (χ3v) is 3.42. The van der Waals surface area contributed by atoms with Gasteiger partial charge in [0.2, 0.25) is 5.11 Å². The molecule has 0 bridgehead atoms. The first-order valence-electron chi connectivity index (χ1n) is 6.28. The number of hydrogen-bond donors (Lipinski definition) is 2. The molecule has 0 spiro atoms. The van der Waals surface area contributed by atoms with E-state index < -0.39 is 0 Å². The van der Waals surface area contributed by atoms with Crippen LogP contribution in [0.5, 0.6) is 0 Å². The van der Waals surface area contributed by atoms with E-state index in [1.807, 2.05) is 36.4 Å². The van der Waals surface area contributed by atoms with Crippen molar-refractivity contribution >= 4 is 53.0 Å². The molecule has 0 aliphatic heterocycles. The van der Waals surface area contributed by atoms with Crippen LogP contribution in [-0.4, -0.2) is 17.5 Å². The first kappa shape index (κ1) is 16.4. The number of benzene rings is 2. The summed E-state index contributed by atoms with van der Waals surface area (Å²) in [5, 5.41) is 9.45. The Kier molecular flexibility index (Phi) is 6.33. The monoisotopic (exact) mass is 350 g/mol. The van der Waals surface area contributed by atoms with Crippen LogP contribution >= 0.6 is 35.4 Å². The Labute approximate surface area is 143 Å². The molecule has 112 valence electrons. The molecule has 2 aromatic rings. The topological polar surface area (TPSA) is 48.8 Å². The van der Waals surface area contributed by atoms with Gasteiger partial charge < -0.3 is 0 Å². The van der Waals surface area contributed by atoms with Crippen molar-refractivity contribution in [2.45, 2.75) is 0 Å². The molecule has 0 amide bonds. The molecule has 0 saturated heterocycles. The molecule has 2 N–H and O–H groups in total. The van der Waals surface area contributed by atoms with E-state index in [4.69, 9.17) is 35.4 Å². The molecule has 2 rings (SSSR count). The average Bonchev–Trinajstić information content (AvgIpc) is 2.51. The Morgan fingerprint density at radius 2 is 1.23 bits per heavy atom. The Morgan fingerprint density at radius 1 is 0.818 bits per heavy atom. The van der Waals surface area contributed by atoms with Gasteiger partial charge in [-0.1, -0.05) is 59.6 Å². The van der Waals surface area contributed by atoms with E-state index in [-0.39, 0.29) is 5.11 Å². The largest absolute Gasteiger partial charge is 0.252 e. The molecule has 0 fully saturated rings. The summed E-state index contributed by atoms with van der Waals surface area (Å²) in [6.45, 7) is 0. The fraction of sp³-hybridized carbons (Fsp3) is 0. The normalized spacial score (nSPS) is 11.0. The van der Waals surface area contributed by atoms with Crippen LogP contribution in [0.3, 0.4) is 0 Å². The molecule has 0 aliphatic rings. The van der Waals surface area contributed by atoms with Crippen LogP contribution in [-0.2, 0) is 0 Å². The van der Waals surface area contributed by atoms with E-state index in [0.717, 1.165) is 11.1 Å². The smallest absolute Gasteiger partial charge is 0.207 e. The van der Waals surface area contributed by atoms with Gasteiger partial charge in [0.05, 0.1) is 12.4 Å². The molecule has 0 heterocycles. The molecular formula is C15H12Cl2N4S. The Hall–Kier alpha value is -1.95. The lowest BCUT2D eigenvalue weighted by molar-refractivity contribution is 0.935. The second-order valence-corrected chi connectivity index (χ2v) is 5.33. The van der Waals surface area contributed by atoms with Crippen molar-refractivity contribution < 1.29 is 0 Å². The highest BCUT2D eigenvalue weighted by Gasteiger charge is 1.96. The van der Waals surface area contributed by atoms with Crippen molar-refractivity contribution in [1.29, 1.82) is 0 Å². The minimum absolute atomic E-state index is 0.256. The van der Waals surface area contributed by atoms with Gasteiger partial charge in [-0.25, -0.2) is 0 Å². The van der Waals surface area contributed by atoms with E-state index in [0.29, 0.717) is 10.0 Å². The van der Waals surface area contributed by atoms with Crippen molar-refractivity contribution in [3.8, 4) is 0 Å². The molecule has 0 aliphatic carbocycles. The summed E-state index contributed by atoms with van der Waals surface area (Å²) in [5.74, 6) is 0.